The monoisotopic (exact) mass is 244 g/mol. The van der Waals surface area contributed by atoms with Crippen LogP contribution in [0.1, 0.15) is 19.8 Å². The van der Waals surface area contributed by atoms with E-state index in [-0.39, 0.29) is 0 Å². The van der Waals surface area contributed by atoms with Gasteiger partial charge in [0.25, 0.3) is 0 Å². The summed E-state index contributed by atoms with van der Waals surface area (Å²) >= 11 is 0. The third kappa shape index (κ3) is 2.62. The summed E-state index contributed by atoms with van der Waals surface area (Å²) in [5, 5.41) is 11.1. The molecule has 1 atom stereocenters. The van der Waals surface area contributed by atoms with E-state index in [1.807, 2.05) is 49.4 Å². The second kappa shape index (κ2) is 5.54. The van der Waals surface area contributed by atoms with Crippen LogP contribution in [0.25, 0.3) is 10.8 Å². The number of carboxylic acids is 1. The van der Waals surface area contributed by atoms with Crippen LogP contribution in [0.3, 0.4) is 0 Å². The molecule has 2 rings (SSSR count). The third-order valence-electron chi connectivity index (χ3n) is 2.85. The van der Waals surface area contributed by atoms with Gasteiger partial charge >= 0.3 is 5.97 Å². The summed E-state index contributed by atoms with van der Waals surface area (Å²) in [5.41, 5.74) is 0. The average Bonchev–Trinajstić information content (AvgIpc) is 2.38. The van der Waals surface area contributed by atoms with Crippen molar-refractivity contribution in [1.82, 2.24) is 0 Å². The molecule has 0 bridgehead atoms. The SMILES string of the molecule is CCCC(Oc1cccc2ccccc12)C(=O)O. The van der Waals surface area contributed by atoms with Crippen molar-refractivity contribution < 1.29 is 14.6 Å². The second-order valence-corrected chi connectivity index (χ2v) is 4.21. The Balaban J connectivity index is 2.33. The Morgan fingerprint density at radius 1 is 1.22 bits per heavy atom. The molecular formula is C15H16O3. The molecule has 0 aliphatic carbocycles. The van der Waals surface area contributed by atoms with Gasteiger partial charge in [0.2, 0.25) is 0 Å². The summed E-state index contributed by atoms with van der Waals surface area (Å²) in [6, 6.07) is 13.5. The van der Waals surface area contributed by atoms with E-state index in [9.17, 15) is 4.79 Å². The Morgan fingerprint density at radius 2 is 1.94 bits per heavy atom. The summed E-state index contributed by atoms with van der Waals surface area (Å²) in [7, 11) is 0. The molecule has 2 aromatic carbocycles. The topological polar surface area (TPSA) is 46.5 Å². The van der Waals surface area contributed by atoms with Gasteiger partial charge in [0.05, 0.1) is 0 Å². The summed E-state index contributed by atoms with van der Waals surface area (Å²) in [6.45, 7) is 1.95. The maximum absolute atomic E-state index is 11.1. The Kier molecular flexibility index (Phi) is 3.82. The van der Waals surface area contributed by atoms with Gasteiger partial charge in [-0.1, -0.05) is 49.7 Å². The van der Waals surface area contributed by atoms with Crippen LogP contribution < -0.4 is 4.74 Å². The van der Waals surface area contributed by atoms with Crippen molar-refractivity contribution in [2.75, 3.05) is 0 Å². The number of hydrogen-bond donors (Lipinski definition) is 1. The first-order valence-corrected chi connectivity index (χ1v) is 6.09. The van der Waals surface area contributed by atoms with Gasteiger partial charge in [0.15, 0.2) is 6.10 Å². The van der Waals surface area contributed by atoms with Crippen LogP contribution in [0.2, 0.25) is 0 Å². The molecule has 0 aliphatic heterocycles. The van der Waals surface area contributed by atoms with Gasteiger partial charge < -0.3 is 9.84 Å². The van der Waals surface area contributed by atoms with Crippen LogP contribution in [0.4, 0.5) is 0 Å². The number of rotatable bonds is 5. The molecule has 0 saturated carbocycles. The molecule has 0 radical (unpaired) electrons. The minimum absolute atomic E-state index is 0.512. The van der Waals surface area contributed by atoms with Gasteiger partial charge in [-0.3, -0.25) is 0 Å². The molecule has 0 aromatic heterocycles. The normalized spacial score (nSPS) is 12.3. The van der Waals surface area contributed by atoms with E-state index in [1.54, 1.807) is 0 Å². The van der Waals surface area contributed by atoms with Gasteiger partial charge in [-0.2, -0.15) is 0 Å². The van der Waals surface area contributed by atoms with Crippen LogP contribution in [0, 0.1) is 0 Å². The lowest BCUT2D eigenvalue weighted by molar-refractivity contribution is -0.145. The lowest BCUT2D eigenvalue weighted by Crippen LogP contribution is -2.26. The van der Waals surface area contributed by atoms with Crippen LogP contribution in [-0.4, -0.2) is 17.2 Å². The van der Waals surface area contributed by atoms with Gasteiger partial charge in [0.1, 0.15) is 5.75 Å². The number of benzene rings is 2. The second-order valence-electron chi connectivity index (χ2n) is 4.21. The first-order chi connectivity index (χ1) is 8.72. The van der Waals surface area contributed by atoms with Crippen LogP contribution >= 0.6 is 0 Å². The van der Waals surface area contributed by atoms with E-state index in [0.29, 0.717) is 12.2 Å². The Bertz CT molecular complexity index is 543. The molecule has 3 nitrogen and oxygen atoms in total. The van der Waals surface area contributed by atoms with Crippen molar-refractivity contribution in [2.24, 2.45) is 0 Å². The number of aliphatic carboxylic acids is 1. The fourth-order valence-corrected chi connectivity index (χ4v) is 1.95. The predicted molar refractivity (Wildman–Crippen MR) is 70.9 cm³/mol. The van der Waals surface area contributed by atoms with Crippen LogP contribution in [0.15, 0.2) is 42.5 Å². The number of carboxylic acid groups (broad SMARTS) is 1. The van der Waals surface area contributed by atoms with Crippen molar-refractivity contribution in [1.29, 1.82) is 0 Å². The Hall–Kier alpha value is -2.03. The molecule has 1 N–H and O–H groups in total. The van der Waals surface area contributed by atoms with Gasteiger partial charge in [-0.05, 0) is 17.9 Å². The van der Waals surface area contributed by atoms with Crippen molar-refractivity contribution in [3.8, 4) is 5.75 Å². The quantitative estimate of drug-likeness (QED) is 0.876. The zero-order chi connectivity index (χ0) is 13.0. The Morgan fingerprint density at radius 3 is 2.67 bits per heavy atom. The van der Waals surface area contributed by atoms with Crippen LogP contribution in [0.5, 0.6) is 5.75 Å². The highest BCUT2D eigenvalue weighted by atomic mass is 16.5. The summed E-state index contributed by atoms with van der Waals surface area (Å²) < 4.78 is 5.63. The molecular weight excluding hydrogens is 228 g/mol. The van der Waals surface area contributed by atoms with E-state index in [1.165, 1.54) is 0 Å². The zero-order valence-electron chi connectivity index (χ0n) is 10.3. The molecule has 0 amide bonds. The average molecular weight is 244 g/mol. The molecule has 2 aromatic rings. The van der Waals surface area contributed by atoms with E-state index in [4.69, 9.17) is 9.84 Å². The number of hydrogen-bond acceptors (Lipinski definition) is 2. The fraction of sp³-hybridized carbons (Fsp3) is 0.267. The molecule has 94 valence electrons. The number of ether oxygens (including phenoxy) is 1. The molecule has 3 heteroatoms. The smallest absolute Gasteiger partial charge is 0.344 e. The van der Waals surface area contributed by atoms with E-state index >= 15 is 0 Å². The lowest BCUT2D eigenvalue weighted by atomic mass is 10.1. The fourth-order valence-electron chi connectivity index (χ4n) is 1.95. The zero-order valence-corrected chi connectivity index (χ0v) is 10.3. The highest BCUT2D eigenvalue weighted by molar-refractivity contribution is 5.88. The third-order valence-corrected chi connectivity index (χ3v) is 2.85. The Labute approximate surface area is 106 Å². The van der Waals surface area contributed by atoms with Crippen molar-refractivity contribution in [3.63, 3.8) is 0 Å². The minimum Gasteiger partial charge on any atom is -0.479 e. The van der Waals surface area contributed by atoms with Gasteiger partial charge in [-0.25, -0.2) is 4.79 Å². The van der Waals surface area contributed by atoms with Crippen molar-refractivity contribution in [2.45, 2.75) is 25.9 Å². The predicted octanol–water partition coefficient (Wildman–Crippen LogP) is 3.47. The largest absolute Gasteiger partial charge is 0.479 e. The molecule has 0 fully saturated rings. The van der Waals surface area contributed by atoms with Crippen molar-refractivity contribution in [3.05, 3.63) is 42.5 Å². The lowest BCUT2D eigenvalue weighted by Gasteiger charge is -2.15. The maximum atomic E-state index is 11.1. The standard InChI is InChI=1S/C15H16O3/c1-2-6-14(15(16)17)18-13-10-5-8-11-7-3-4-9-12(11)13/h3-5,7-10,14H,2,6H2,1H3,(H,16,17). The molecule has 0 spiro atoms. The number of carbonyl (C=O) groups is 1. The van der Waals surface area contributed by atoms with Gasteiger partial charge in [-0.15, -0.1) is 0 Å². The summed E-state index contributed by atoms with van der Waals surface area (Å²) in [4.78, 5) is 11.1. The first-order valence-electron chi connectivity index (χ1n) is 6.09. The summed E-state index contributed by atoms with van der Waals surface area (Å²) in [5.74, 6) is -0.279. The first kappa shape index (κ1) is 12.4. The highest BCUT2D eigenvalue weighted by Crippen LogP contribution is 2.26. The minimum atomic E-state index is -0.912. The highest BCUT2D eigenvalue weighted by Gasteiger charge is 2.18. The molecule has 0 saturated heterocycles. The maximum Gasteiger partial charge on any atom is 0.344 e. The molecule has 1 unspecified atom stereocenters. The van der Waals surface area contributed by atoms with E-state index in [0.717, 1.165) is 17.2 Å². The number of fused-ring (bicyclic) bond motifs is 1. The molecule has 0 heterocycles. The van der Waals surface area contributed by atoms with E-state index < -0.39 is 12.1 Å². The molecule has 0 aliphatic rings. The van der Waals surface area contributed by atoms with Crippen molar-refractivity contribution >= 4 is 16.7 Å². The van der Waals surface area contributed by atoms with Crippen LogP contribution in [-0.2, 0) is 4.79 Å². The molecule has 18 heavy (non-hydrogen) atoms. The van der Waals surface area contributed by atoms with E-state index in [2.05, 4.69) is 0 Å². The summed E-state index contributed by atoms with van der Waals surface area (Å²) in [6.07, 6.45) is 0.515. The van der Waals surface area contributed by atoms with Gasteiger partial charge in [0, 0.05) is 5.39 Å².